The van der Waals surface area contributed by atoms with Crippen LogP contribution in [-0.2, 0) is 4.74 Å². The van der Waals surface area contributed by atoms with Gasteiger partial charge in [-0.05, 0) is 31.8 Å². The van der Waals surface area contributed by atoms with E-state index >= 15 is 0 Å². The van der Waals surface area contributed by atoms with Crippen molar-refractivity contribution in [2.75, 3.05) is 66.6 Å². The zero-order valence-electron chi connectivity index (χ0n) is 17.2. The maximum Gasteiger partial charge on any atom is 0.191 e. The Bertz CT molecular complexity index is 399. The lowest BCUT2D eigenvalue weighted by molar-refractivity contribution is 0.00272. The fourth-order valence-electron chi connectivity index (χ4n) is 4.19. The van der Waals surface area contributed by atoms with Gasteiger partial charge in [0.1, 0.15) is 0 Å². The number of aliphatic imine (C=N–C) groups is 1. The minimum Gasteiger partial charge on any atom is -0.379 e. The summed E-state index contributed by atoms with van der Waals surface area (Å²) in [5.74, 6) is 2.39. The van der Waals surface area contributed by atoms with Crippen LogP contribution in [0.3, 0.4) is 0 Å². The van der Waals surface area contributed by atoms with Gasteiger partial charge in [-0.25, -0.2) is 0 Å². The molecule has 7 heteroatoms. The zero-order chi connectivity index (χ0) is 18.1. The van der Waals surface area contributed by atoms with Gasteiger partial charge in [-0.1, -0.05) is 26.7 Å². The van der Waals surface area contributed by atoms with E-state index < -0.39 is 0 Å². The molecular weight excluding hydrogens is 441 g/mol. The highest BCUT2D eigenvalue weighted by Crippen LogP contribution is 2.19. The molecule has 2 fully saturated rings. The highest BCUT2D eigenvalue weighted by molar-refractivity contribution is 14.0. The predicted octanol–water partition coefficient (Wildman–Crippen LogP) is 1.86. The first kappa shape index (κ1) is 23.9. The van der Waals surface area contributed by atoms with Gasteiger partial charge in [-0.2, -0.15) is 0 Å². The molecule has 2 heterocycles. The molecule has 2 aliphatic rings. The van der Waals surface area contributed by atoms with Crippen LogP contribution in [0.25, 0.3) is 0 Å². The fraction of sp³-hybridized carbons (Fsp3) is 0.947. The topological polar surface area (TPSA) is 52.1 Å². The number of nitrogens with one attached hydrogen (secondary N) is 2. The Labute approximate surface area is 177 Å². The fourth-order valence-corrected chi connectivity index (χ4v) is 4.19. The number of rotatable bonds is 8. The average molecular weight is 481 g/mol. The van der Waals surface area contributed by atoms with Crippen molar-refractivity contribution in [2.24, 2.45) is 16.8 Å². The van der Waals surface area contributed by atoms with Crippen molar-refractivity contribution in [3.63, 3.8) is 0 Å². The lowest BCUT2D eigenvalue weighted by Gasteiger charge is -2.39. The van der Waals surface area contributed by atoms with Crippen LogP contribution in [0.4, 0.5) is 0 Å². The summed E-state index contributed by atoms with van der Waals surface area (Å²) in [6, 6.07) is 0.551. The molecule has 0 aliphatic carbocycles. The van der Waals surface area contributed by atoms with E-state index in [0.717, 1.165) is 51.3 Å². The number of hydrogen-bond acceptors (Lipinski definition) is 4. The molecule has 0 radical (unpaired) electrons. The molecule has 2 aliphatic heterocycles. The van der Waals surface area contributed by atoms with Gasteiger partial charge < -0.3 is 20.3 Å². The third-order valence-corrected chi connectivity index (χ3v) is 5.86. The van der Waals surface area contributed by atoms with E-state index in [1.54, 1.807) is 0 Å². The second-order valence-electron chi connectivity index (χ2n) is 7.54. The van der Waals surface area contributed by atoms with Crippen LogP contribution >= 0.6 is 24.0 Å². The molecule has 2 rings (SSSR count). The molecule has 2 unspecified atom stereocenters. The van der Waals surface area contributed by atoms with Crippen molar-refractivity contribution in [3.8, 4) is 0 Å². The van der Waals surface area contributed by atoms with Gasteiger partial charge in [0.05, 0.1) is 13.2 Å². The maximum atomic E-state index is 5.55. The number of hydrogen-bond donors (Lipinski definition) is 2. The summed E-state index contributed by atoms with van der Waals surface area (Å²) in [5.41, 5.74) is 0. The molecular formula is C19H40IN5O. The van der Waals surface area contributed by atoms with Crippen molar-refractivity contribution < 1.29 is 4.74 Å². The smallest absolute Gasteiger partial charge is 0.191 e. The Morgan fingerprint density at radius 2 is 1.85 bits per heavy atom. The summed E-state index contributed by atoms with van der Waals surface area (Å²) in [4.78, 5) is 9.45. The van der Waals surface area contributed by atoms with Crippen LogP contribution in [0.5, 0.6) is 0 Å². The van der Waals surface area contributed by atoms with E-state index in [1.807, 2.05) is 7.05 Å². The van der Waals surface area contributed by atoms with Crippen LogP contribution in [0.2, 0.25) is 0 Å². The molecule has 2 saturated heterocycles. The number of ether oxygens (including phenoxy) is 1. The Kier molecular flexibility index (Phi) is 12.1. The van der Waals surface area contributed by atoms with Crippen LogP contribution in [0.1, 0.15) is 33.1 Å². The summed E-state index contributed by atoms with van der Waals surface area (Å²) in [5, 5.41) is 7.13. The number of nitrogens with zero attached hydrogens (tertiary/aromatic N) is 3. The second kappa shape index (κ2) is 13.1. The highest BCUT2D eigenvalue weighted by atomic mass is 127. The van der Waals surface area contributed by atoms with Gasteiger partial charge >= 0.3 is 0 Å². The number of guanidine groups is 1. The molecule has 0 amide bonds. The SMILES string of the molecule is CCC(CC)C(CNC(=NC)NCC1CCN(C)C1)N1CCOCC1.I. The molecule has 0 spiro atoms. The minimum absolute atomic E-state index is 0. The largest absolute Gasteiger partial charge is 0.379 e. The third kappa shape index (κ3) is 7.48. The molecule has 26 heavy (non-hydrogen) atoms. The normalized spacial score (nSPS) is 23.7. The van der Waals surface area contributed by atoms with Gasteiger partial charge in [0.15, 0.2) is 5.96 Å². The van der Waals surface area contributed by atoms with Crippen LogP contribution in [-0.4, -0.2) is 88.4 Å². The number of morpholine rings is 1. The molecule has 154 valence electrons. The summed E-state index contributed by atoms with van der Waals surface area (Å²) in [7, 11) is 4.08. The predicted molar refractivity (Wildman–Crippen MR) is 121 cm³/mol. The average Bonchev–Trinajstić information content (AvgIpc) is 3.07. The van der Waals surface area contributed by atoms with E-state index in [1.165, 1.54) is 32.4 Å². The Morgan fingerprint density at radius 3 is 2.38 bits per heavy atom. The molecule has 2 atom stereocenters. The van der Waals surface area contributed by atoms with E-state index in [-0.39, 0.29) is 24.0 Å². The first-order valence-electron chi connectivity index (χ1n) is 10.1. The van der Waals surface area contributed by atoms with E-state index in [2.05, 4.69) is 46.3 Å². The van der Waals surface area contributed by atoms with Crippen LogP contribution in [0, 0.1) is 11.8 Å². The first-order chi connectivity index (χ1) is 12.2. The van der Waals surface area contributed by atoms with Gasteiger partial charge in [0.2, 0.25) is 0 Å². The first-order valence-corrected chi connectivity index (χ1v) is 10.1. The molecule has 6 nitrogen and oxygen atoms in total. The zero-order valence-corrected chi connectivity index (χ0v) is 19.5. The van der Waals surface area contributed by atoms with Crippen molar-refractivity contribution in [3.05, 3.63) is 0 Å². The van der Waals surface area contributed by atoms with Gasteiger partial charge in [0.25, 0.3) is 0 Å². The van der Waals surface area contributed by atoms with Crippen molar-refractivity contribution in [2.45, 2.75) is 39.2 Å². The molecule has 0 aromatic carbocycles. The van der Waals surface area contributed by atoms with E-state index in [4.69, 9.17) is 4.74 Å². The quantitative estimate of drug-likeness (QED) is 0.315. The molecule has 0 aromatic heterocycles. The summed E-state index contributed by atoms with van der Waals surface area (Å²) < 4.78 is 5.55. The Hall–Kier alpha value is -0.120. The van der Waals surface area contributed by atoms with Crippen molar-refractivity contribution in [1.82, 2.24) is 20.4 Å². The maximum absolute atomic E-state index is 5.55. The van der Waals surface area contributed by atoms with Crippen LogP contribution in [0.15, 0.2) is 4.99 Å². The van der Waals surface area contributed by atoms with Gasteiger partial charge in [-0.15, -0.1) is 24.0 Å². The van der Waals surface area contributed by atoms with E-state index in [0.29, 0.717) is 12.0 Å². The highest BCUT2D eigenvalue weighted by Gasteiger charge is 2.27. The summed E-state index contributed by atoms with van der Waals surface area (Å²) in [6.45, 7) is 12.8. The lowest BCUT2D eigenvalue weighted by Crippen LogP contribution is -2.53. The summed E-state index contributed by atoms with van der Waals surface area (Å²) >= 11 is 0. The standard InChI is InChI=1S/C19H39N5O.HI/c1-5-17(6-2)18(24-9-11-25-12-10-24)14-22-19(20-3)21-13-16-7-8-23(4)15-16;/h16-18H,5-15H2,1-4H3,(H2,20,21,22);1H. The van der Waals surface area contributed by atoms with Gasteiger partial charge in [-0.3, -0.25) is 9.89 Å². The lowest BCUT2D eigenvalue weighted by atomic mass is 9.92. The number of halogens is 1. The molecule has 0 saturated carbocycles. The number of likely N-dealkylation sites (tertiary alicyclic amines) is 1. The third-order valence-electron chi connectivity index (χ3n) is 5.86. The molecule has 0 bridgehead atoms. The van der Waals surface area contributed by atoms with Gasteiger partial charge in [0, 0.05) is 45.8 Å². The van der Waals surface area contributed by atoms with Crippen LogP contribution < -0.4 is 10.6 Å². The minimum atomic E-state index is 0. The molecule has 0 aromatic rings. The Balaban J connectivity index is 0.00000338. The summed E-state index contributed by atoms with van der Waals surface area (Å²) in [6.07, 6.45) is 3.73. The Morgan fingerprint density at radius 1 is 1.15 bits per heavy atom. The van der Waals surface area contributed by atoms with Crippen molar-refractivity contribution in [1.29, 1.82) is 0 Å². The second-order valence-corrected chi connectivity index (χ2v) is 7.54. The van der Waals surface area contributed by atoms with E-state index in [9.17, 15) is 0 Å². The van der Waals surface area contributed by atoms with Crippen molar-refractivity contribution >= 4 is 29.9 Å². The monoisotopic (exact) mass is 481 g/mol. The molecule has 2 N–H and O–H groups in total.